The maximum atomic E-state index is 13.5. The van der Waals surface area contributed by atoms with Crippen LogP contribution in [0.1, 0.15) is 0 Å². The zero-order valence-electron chi connectivity index (χ0n) is 10.7. The fourth-order valence-corrected chi connectivity index (χ4v) is 2.28. The number of rotatable bonds is 2. The summed E-state index contributed by atoms with van der Waals surface area (Å²) in [5, 5.41) is 0. The third-order valence-electron chi connectivity index (χ3n) is 3.22. The summed E-state index contributed by atoms with van der Waals surface area (Å²) in [7, 11) is 1.24. The van der Waals surface area contributed by atoms with Crippen molar-refractivity contribution in [1.82, 2.24) is 8.97 Å². The van der Waals surface area contributed by atoms with E-state index in [0.29, 0.717) is 16.6 Å². The molecule has 0 fully saturated rings. The molecular weight excluding hydrogens is 263 g/mol. The van der Waals surface area contributed by atoms with Crippen molar-refractivity contribution in [2.24, 2.45) is 0 Å². The van der Waals surface area contributed by atoms with Gasteiger partial charge in [-0.1, -0.05) is 0 Å². The van der Waals surface area contributed by atoms with Crippen molar-refractivity contribution in [3.63, 3.8) is 0 Å². The number of carbonyl (C=O) groups excluding carboxylic acids is 1. The van der Waals surface area contributed by atoms with Crippen LogP contribution in [0, 0.1) is 5.82 Å². The number of benzene rings is 1. The number of carbonyl (C=O) groups is 1. The van der Waals surface area contributed by atoms with Crippen LogP contribution in [0.5, 0.6) is 0 Å². The van der Waals surface area contributed by atoms with Crippen LogP contribution in [0.4, 0.5) is 4.39 Å². The first-order valence-electron chi connectivity index (χ1n) is 5.98. The second kappa shape index (κ2) is 4.48. The lowest BCUT2D eigenvalue weighted by atomic mass is 10.2. The molecule has 0 unspecified atom stereocenters. The fraction of sp³-hybridized carbons (Fsp3) is 0.143. The maximum Gasteiger partial charge on any atom is 0.325 e. The molecule has 1 aromatic carbocycles. The van der Waals surface area contributed by atoms with Gasteiger partial charge in [0.15, 0.2) is 0 Å². The quantitative estimate of drug-likeness (QED) is 0.666. The minimum Gasteiger partial charge on any atom is -0.468 e. The Morgan fingerprint density at radius 3 is 2.80 bits per heavy atom. The maximum absolute atomic E-state index is 13.5. The second-order valence-corrected chi connectivity index (χ2v) is 4.36. The molecule has 0 aliphatic carbocycles. The number of ether oxygens (including phenoxy) is 1. The fourth-order valence-electron chi connectivity index (χ4n) is 2.28. The molecule has 102 valence electrons. The summed E-state index contributed by atoms with van der Waals surface area (Å²) >= 11 is 0. The SMILES string of the molecule is COC(=O)Cn1c(=O)c2cccn2c2ccc(F)cc21. The smallest absolute Gasteiger partial charge is 0.325 e. The molecule has 2 heterocycles. The van der Waals surface area contributed by atoms with Crippen LogP contribution in [0.3, 0.4) is 0 Å². The van der Waals surface area contributed by atoms with Crippen molar-refractivity contribution >= 4 is 22.5 Å². The van der Waals surface area contributed by atoms with Gasteiger partial charge in [-0.2, -0.15) is 0 Å². The van der Waals surface area contributed by atoms with E-state index in [0.717, 1.165) is 0 Å². The molecule has 0 aliphatic rings. The highest BCUT2D eigenvalue weighted by molar-refractivity contribution is 5.81. The van der Waals surface area contributed by atoms with E-state index >= 15 is 0 Å². The van der Waals surface area contributed by atoms with E-state index in [1.165, 1.54) is 23.8 Å². The summed E-state index contributed by atoms with van der Waals surface area (Å²) in [6, 6.07) is 7.50. The summed E-state index contributed by atoms with van der Waals surface area (Å²) in [6.07, 6.45) is 1.72. The van der Waals surface area contributed by atoms with E-state index < -0.39 is 11.8 Å². The Labute approximate surface area is 112 Å². The second-order valence-electron chi connectivity index (χ2n) is 4.36. The van der Waals surface area contributed by atoms with Crippen LogP contribution in [-0.4, -0.2) is 22.0 Å². The Morgan fingerprint density at radius 1 is 1.25 bits per heavy atom. The van der Waals surface area contributed by atoms with Gasteiger partial charge in [-0.15, -0.1) is 0 Å². The Balaban J connectivity index is 2.44. The number of esters is 1. The number of fused-ring (bicyclic) bond motifs is 3. The van der Waals surface area contributed by atoms with Gasteiger partial charge < -0.3 is 9.14 Å². The minimum absolute atomic E-state index is 0.253. The van der Waals surface area contributed by atoms with Gasteiger partial charge in [0.2, 0.25) is 0 Å². The predicted molar refractivity (Wildman–Crippen MR) is 71.1 cm³/mol. The normalized spacial score (nSPS) is 11.1. The third-order valence-corrected chi connectivity index (χ3v) is 3.22. The molecule has 0 aliphatic heterocycles. The summed E-state index contributed by atoms with van der Waals surface area (Å²) in [5.74, 6) is -1.03. The standard InChI is InChI=1S/C14H11FN2O3/c1-20-13(18)8-17-12-7-9(15)4-5-10(12)16-6-2-3-11(16)14(17)19/h2-7H,8H2,1H3. The molecule has 6 heteroatoms. The van der Waals surface area contributed by atoms with E-state index in [1.807, 2.05) is 0 Å². The first-order valence-corrected chi connectivity index (χ1v) is 5.98. The highest BCUT2D eigenvalue weighted by atomic mass is 19.1. The van der Waals surface area contributed by atoms with Crippen molar-refractivity contribution in [2.75, 3.05) is 7.11 Å². The lowest BCUT2D eigenvalue weighted by Crippen LogP contribution is -2.26. The zero-order valence-corrected chi connectivity index (χ0v) is 10.7. The number of halogens is 1. The molecule has 0 saturated heterocycles. The predicted octanol–water partition coefficient (Wildman–Crippen LogP) is 1.57. The highest BCUT2D eigenvalue weighted by Gasteiger charge is 2.13. The van der Waals surface area contributed by atoms with Gasteiger partial charge in [-0.3, -0.25) is 14.2 Å². The summed E-state index contributed by atoms with van der Waals surface area (Å²) < 4.78 is 20.9. The summed E-state index contributed by atoms with van der Waals surface area (Å²) in [5.41, 5.74) is 1.06. The van der Waals surface area contributed by atoms with Crippen LogP contribution < -0.4 is 5.56 Å². The van der Waals surface area contributed by atoms with E-state index in [2.05, 4.69) is 4.74 Å². The molecule has 0 bridgehead atoms. The molecule has 3 aromatic rings. The van der Waals surface area contributed by atoms with Gasteiger partial charge >= 0.3 is 5.97 Å². The Hall–Kier alpha value is -2.63. The minimum atomic E-state index is -0.562. The van der Waals surface area contributed by atoms with Crippen molar-refractivity contribution < 1.29 is 13.9 Å². The first kappa shape index (κ1) is 12.4. The molecule has 0 amide bonds. The van der Waals surface area contributed by atoms with Gasteiger partial charge in [-0.05, 0) is 30.3 Å². The molecule has 3 rings (SSSR count). The molecule has 2 aromatic heterocycles. The van der Waals surface area contributed by atoms with E-state index in [9.17, 15) is 14.0 Å². The zero-order chi connectivity index (χ0) is 14.3. The van der Waals surface area contributed by atoms with Gasteiger partial charge in [0.05, 0.1) is 18.1 Å². The average molecular weight is 274 g/mol. The van der Waals surface area contributed by atoms with Crippen molar-refractivity contribution in [3.05, 3.63) is 52.7 Å². The summed E-state index contributed by atoms with van der Waals surface area (Å²) in [6.45, 7) is -0.253. The number of nitrogens with zero attached hydrogens (tertiary/aromatic N) is 2. The summed E-state index contributed by atoms with van der Waals surface area (Å²) in [4.78, 5) is 23.8. The van der Waals surface area contributed by atoms with E-state index in [-0.39, 0.29) is 12.1 Å². The molecule has 20 heavy (non-hydrogen) atoms. The van der Waals surface area contributed by atoms with E-state index in [4.69, 9.17) is 0 Å². The van der Waals surface area contributed by atoms with E-state index in [1.54, 1.807) is 28.8 Å². The molecule has 5 nitrogen and oxygen atoms in total. The number of aromatic nitrogens is 2. The third kappa shape index (κ3) is 1.77. The van der Waals surface area contributed by atoms with Crippen LogP contribution >= 0.6 is 0 Å². The van der Waals surface area contributed by atoms with Crippen molar-refractivity contribution in [1.29, 1.82) is 0 Å². The monoisotopic (exact) mass is 274 g/mol. The molecule has 0 radical (unpaired) electrons. The van der Waals surface area contributed by atoms with Crippen LogP contribution in [-0.2, 0) is 16.1 Å². The van der Waals surface area contributed by atoms with Gasteiger partial charge in [-0.25, -0.2) is 4.39 Å². The Bertz CT molecular complexity index is 879. The lowest BCUT2D eigenvalue weighted by molar-refractivity contribution is -0.141. The highest BCUT2D eigenvalue weighted by Crippen LogP contribution is 2.16. The molecule has 0 saturated carbocycles. The largest absolute Gasteiger partial charge is 0.468 e. The molecule has 0 spiro atoms. The van der Waals surface area contributed by atoms with Crippen LogP contribution in [0.15, 0.2) is 41.3 Å². The number of hydrogen-bond acceptors (Lipinski definition) is 3. The topological polar surface area (TPSA) is 52.7 Å². The van der Waals surface area contributed by atoms with Crippen molar-refractivity contribution in [3.8, 4) is 0 Å². The van der Waals surface area contributed by atoms with Crippen LogP contribution in [0.25, 0.3) is 16.6 Å². The number of hydrogen-bond donors (Lipinski definition) is 0. The van der Waals surface area contributed by atoms with Gasteiger partial charge in [0.1, 0.15) is 17.9 Å². The Kier molecular flexibility index (Phi) is 2.78. The number of methoxy groups -OCH3 is 1. The van der Waals surface area contributed by atoms with Gasteiger partial charge in [0, 0.05) is 6.20 Å². The van der Waals surface area contributed by atoms with Gasteiger partial charge in [0.25, 0.3) is 5.56 Å². The lowest BCUT2D eigenvalue weighted by Gasteiger charge is -2.11. The van der Waals surface area contributed by atoms with Crippen LogP contribution in [0.2, 0.25) is 0 Å². The van der Waals surface area contributed by atoms with Crippen molar-refractivity contribution in [2.45, 2.75) is 6.54 Å². The first-order chi connectivity index (χ1) is 9.61. The molecule has 0 N–H and O–H groups in total. The molecular formula is C14H11FN2O3. The average Bonchev–Trinajstić information content (AvgIpc) is 2.92. The Morgan fingerprint density at radius 2 is 2.05 bits per heavy atom. The molecule has 0 atom stereocenters.